The van der Waals surface area contributed by atoms with Gasteiger partial charge in [0.1, 0.15) is 11.4 Å². The van der Waals surface area contributed by atoms with Crippen LogP contribution in [0.15, 0.2) is 11.1 Å². The van der Waals surface area contributed by atoms with Gasteiger partial charge in [0, 0.05) is 30.6 Å². The lowest BCUT2D eigenvalue weighted by molar-refractivity contribution is -0.173. The number of hydrogen-bond acceptors (Lipinski definition) is 3. The first-order chi connectivity index (χ1) is 12.4. The number of carbonyl (C=O) groups is 2. The normalized spacial score (nSPS) is 54.5. The average molecular weight is 354 g/mol. The predicted octanol–water partition coefficient (Wildman–Crippen LogP) is 4.45. The van der Waals surface area contributed by atoms with Gasteiger partial charge in [0.15, 0.2) is 0 Å². The van der Waals surface area contributed by atoms with E-state index in [1.807, 2.05) is 0 Å². The Labute approximate surface area is 155 Å². The maximum Gasteiger partial charge on any atom is 0.306 e. The van der Waals surface area contributed by atoms with Crippen molar-refractivity contribution in [1.82, 2.24) is 0 Å². The molecule has 0 aromatic heterocycles. The van der Waals surface area contributed by atoms with Gasteiger partial charge in [0.25, 0.3) is 0 Å². The Morgan fingerprint density at radius 1 is 1.12 bits per heavy atom. The van der Waals surface area contributed by atoms with Gasteiger partial charge in [0.2, 0.25) is 0 Å². The second kappa shape index (κ2) is 4.83. The number of rotatable bonds is 0. The minimum atomic E-state index is -0.138. The summed E-state index contributed by atoms with van der Waals surface area (Å²) in [4.78, 5) is 24.1. The Morgan fingerprint density at radius 2 is 1.96 bits per heavy atom. The summed E-state index contributed by atoms with van der Waals surface area (Å²) in [6.07, 6.45) is 9.00. The summed E-state index contributed by atoms with van der Waals surface area (Å²) in [5.74, 6) is 4.76. The van der Waals surface area contributed by atoms with Crippen molar-refractivity contribution < 1.29 is 14.3 Å². The molecule has 1 spiro atoms. The van der Waals surface area contributed by atoms with Crippen LogP contribution < -0.4 is 0 Å². The quantitative estimate of drug-likeness (QED) is 0.477. The largest absolute Gasteiger partial charge is 0.458 e. The molecule has 3 saturated carbocycles. The second-order valence-corrected chi connectivity index (χ2v) is 10.6. The highest BCUT2D eigenvalue weighted by Crippen LogP contribution is 2.78. The van der Waals surface area contributed by atoms with Crippen LogP contribution in [0.25, 0.3) is 0 Å². The van der Waals surface area contributed by atoms with Crippen molar-refractivity contribution in [3.63, 3.8) is 0 Å². The van der Waals surface area contributed by atoms with Crippen LogP contribution in [0.5, 0.6) is 0 Å². The van der Waals surface area contributed by atoms with E-state index in [0.29, 0.717) is 30.0 Å². The van der Waals surface area contributed by atoms with Crippen LogP contribution >= 0.6 is 0 Å². The lowest BCUT2D eigenvalue weighted by atomic mass is 9.48. The van der Waals surface area contributed by atoms with Crippen molar-refractivity contribution in [1.29, 1.82) is 0 Å². The Balaban J connectivity index is 1.41. The summed E-state index contributed by atoms with van der Waals surface area (Å²) in [5, 5.41) is 0. The number of ketones is 1. The molecule has 0 N–H and O–H groups in total. The van der Waals surface area contributed by atoms with Crippen LogP contribution in [-0.2, 0) is 14.3 Å². The zero-order valence-corrected chi connectivity index (χ0v) is 16.1. The molecule has 0 bridgehead atoms. The number of hydrogen-bond donors (Lipinski definition) is 0. The van der Waals surface area contributed by atoms with Gasteiger partial charge in [-0.1, -0.05) is 25.0 Å². The van der Waals surface area contributed by atoms with E-state index in [1.165, 1.54) is 24.8 Å². The molecule has 5 aliphatic carbocycles. The summed E-state index contributed by atoms with van der Waals surface area (Å²) in [6, 6.07) is 0. The molecule has 4 fully saturated rings. The van der Waals surface area contributed by atoms with Crippen LogP contribution in [0, 0.1) is 40.9 Å². The number of carbonyl (C=O) groups excluding carboxylic acids is 2. The van der Waals surface area contributed by atoms with Crippen molar-refractivity contribution >= 4 is 11.8 Å². The first kappa shape index (κ1) is 15.9. The number of ether oxygens (including phenoxy) is 1. The molecule has 8 atom stereocenters. The van der Waals surface area contributed by atoms with Gasteiger partial charge >= 0.3 is 5.97 Å². The van der Waals surface area contributed by atoms with Crippen molar-refractivity contribution in [3.05, 3.63) is 11.1 Å². The van der Waals surface area contributed by atoms with Gasteiger partial charge in [-0.15, -0.1) is 0 Å². The molecule has 5 unspecified atom stereocenters. The fourth-order valence-electron chi connectivity index (χ4n) is 8.79. The standard InChI is InChI=1S/C23H30O3/c1-12-9-13-10-14(24)3-4-15(13)16-5-7-22(2)21(20(12)16)17-11-18(17)23(22)8-6-19(25)26-23/h12,16-18,20-21H,3-11H2,1-2H3/t12-,16?,17?,18?,20?,21?,22+,23+/m1/s1. The maximum atomic E-state index is 12.1. The average Bonchev–Trinajstić information content (AvgIpc) is 3.24. The molecule has 140 valence electrons. The molecule has 0 radical (unpaired) electrons. The van der Waals surface area contributed by atoms with Crippen LogP contribution in [-0.4, -0.2) is 17.4 Å². The summed E-state index contributed by atoms with van der Waals surface area (Å²) in [5.41, 5.74) is 3.23. The highest BCUT2D eigenvalue weighted by atomic mass is 16.6. The molecule has 6 aliphatic rings. The molecule has 6 rings (SSSR count). The third kappa shape index (κ3) is 1.72. The Bertz CT molecular complexity index is 751. The number of esters is 1. The van der Waals surface area contributed by atoms with Crippen molar-refractivity contribution in [2.75, 3.05) is 0 Å². The van der Waals surface area contributed by atoms with Crippen molar-refractivity contribution in [3.8, 4) is 0 Å². The Hall–Kier alpha value is -1.12. The fraction of sp³-hybridized carbons (Fsp3) is 0.826. The van der Waals surface area contributed by atoms with Gasteiger partial charge in [-0.25, -0.2) is 0 Å². The first-order valence-electron chi connectivity index (χ1n) is 10.9. The second-order valence-electron chi connectivity index (χ2n) is 10.6. The fourth-order valence-corrected chi connectivity index (χ4v) is 8.79. The monoisotopic (exact) mass is 354 g/mol. The molecule has 0 aromatic rings. The van der Waals surface area contributed by atoms with Gasteiger partial charge in [-0.2, -0.15) is 0 Å². The smallest absolute Gasteiger partial charge is 0.306 e. The van der Waals surface area contributed by atoms with E-state index in [4.69, 9.17) is 4.74 Å². The van der Waals surface area contributed by atoms with Crippen molar-refractivity contribution in [2.24, 2.45) is 40.9 Å². The lowest BCUT2D eigenvalue weighted by Gasteiger charge is -2.57. The third-order valence-electron chi connectivity index (χ3n) is 9.66. The van der Waals surface area contributed by atoms with E-state index in [0.717, 1.165) is 49.9 Å². The minimum absolute atomic E-state index is 0.0483. The molecule has 1 saturated heterocycles. The number of fused-ring (bicyclic) bond motifs is 8. The van der Waals surface area contributed by atoms with E-state index >= 15 is 0 Å². The van der Waals surface area contributed by atoms with E-state index in [1.54, 1.807) is 5.57 Å². The zero-order chi connectivity index (χ0) is 17.8. The molecular weight excluding hydrogens is 324 g/mol. The van der Waals surface area contributed by atoms with Crippen LogP contribution in [0.1, 0.15) is 71.6 Å². The summed E-state index contributed by atoms with van der Waals surface area (Å²) in [7, 11) is 0. The van der Waals surface area contributed by atoms with Crippen LogP contribution in [0.2, 0.25) is 0 Å². The van der Waals surface area contributed by atoms with Crippen LogP contribution in [0.3, 0.4) is 0 Å². The van der Waals surface area contributed by atoms with Crippen LogP contribution in [0.4, 0.5) is 0 Å². The van der Waals surface area contributed by atoms with Gasteiger partial charge in [0.05, 0.1) is 0 Å². The lowest BCUT2D eigenvalue weighted by Crippen LogP contribution is -2.55. The molecule has 3 nitrogen and oxygen atoms in total. The van der Waals surface area contributed by atoms with E-state index in [2.05, 4.69) is 13.8 Å². The third-order valence-corrected chi connectivity index (χ3v) is 9.66. The topological polar surface area (TPSA) is 43.4 Å². The molecular formula is C23H30O3. The van der Waals surface area contributed by atoms with Crippen molar-refractivity contribution in [2.45, 2.75) is 77.2 Å². The molecule has 1 heterocycles. The van der Waals surface area contributed by atoms with E-state index in [9.17, 15) is 9.59 Å². The van der Waals surface area contributed by atoms with E-state index in [-0.39, 0.29) is 17.0 Å². The van der Waals surface area contributed by atoms with Gasteiger partial charge < -0.3 is 4.74 Å². The number of Topliss-reactive ketones (excluding diaryl/α,β-unsaturated/α-hetero) is 1. The first-order valence-corrected chi connectivity index (χ1v) is 10.9. The SMILES string of the molecule is C[C@@H]1CC2=C(CCC(=O)C2)C2CC[C@@]3(C)C(C4CC4[C@@]34CCC(=O)O4)C21. The van der Waals surface area contributed by atoms with Gasteiger partial charge in [-0.3, -0.25) is 9.59 Å². The maximum absolute atomic E-state index is 12.1. The molecule has 1 aliphatic heterocycles. The molecule has 0 aromatic carbocycles. The summed E-state index contributed by atoms with van der Waals surface area (Å²) in [6.45, 7) is 4.91. The summed E-state index contributed by atoms with van der Waals surface area (Å²) >= 11 is 0. The molecule has 3 heteroatoms. The predicted molar refractivity (Wildman–Crippen MR) is 97.1 cm³/mol. The number of allylic oxidation sites excluding steroid dienone is 2. The zero-order valence-electron chi connectivity index (χ0n) is 16.1. The van der Waals surface area contributed by atoms with E-state index < -0.39 is 0 Å². The molecule has 26 heavy (non-hydrogen) atoms. The Morgan fingerprint density at radius 3 is 2.73 bits per heavy atom. The highest BCUT2D eigenvalue weighted by molar-refractivity contribution is 5.82. The minimum Gasteiger partial charge on any atom is -0.458 e. The summed E-state index contributed by atoms with van der Waals surface area (Å²) < 4.78 is 6.18. The van der Waals surface area contributed by atoms with Gasteiger partial charge in [-0.05, 0) is 68.1 Å². The Kier molecular flexibility index (Phi) is 2.95. The highest BCUT2D eigenvalue weighted by Gasteiger charge is 2.78. The molecule has 0 amide bonds.